The molecule has 16 heavy (non-hydrogen) atoms. The van der Waals surface area contributed by atoms with Crippen molar-refractivity contribution >= 4 is 0 Å². The van der Waals surface area contributed by atoms with E-state index in [9.17, 15) is 4.39 Å². The maximum atomic E-state index is 13.5. The van der Waals surface area contributed by atoms with Crippen molar-refractivity contribution in [3.05, 3.63) is 29.6 Å². The second kappa shape index (κ2) is 7.23. The maximum Gasteiger partial charge on any atom is 0.167 e. The van der Waals surface area contributed by atoms with E-state index in [0.29, 0.717) is 17.9 Å². The van der Waals surface area contributed by atoms with Crippen LogP contribution in [0.25, 0.3) is 0 Å². The summed E-state index contributed by atoms with van der Waals surface area (Å²) in [7, 11) is 0. The van der Waals surface area contributed by atoms with Gasteiger partial charge >= 0.3 is 0 Å². The van der Waals surface area contributed by atoms with Gasteiger partial charge in [-0.1, -0.05) is 25.5 Å². The number of nitrogens with one attached hydrogen (secondary N) is 1. The molecule has 0 aromatic heterocycles. The highest BCUT2D eigenvalue weighted by atomic mass is 19.1. The van der Waals surface area contributed by atoms with Gasteiger partial charge in [0.2, 0.25) is 0 Å². The predicted octanol–water partition coefficient (Wildman–Crippen LogP) is 2.90. The molecule has 0 fully saturated rings. The molecule has 0 amide bonds. The molecule has 0 aliphatic rings. The highest BCUT2D eigenvalue weighted by molar-refractivity contribution is 5.29. The molecule has 1 aromatic carbocycles. The summed E-state index contributed by atoms with van der Waals surface area (Å²) in [6.07, 6.45) is 2.35. The van der Waals surface area contributed by atoms with Gasteiger partial charge in [0.1, 0.15) is 6.61 Å². The fourth-order valence-electron chi connectivity index (χ4n) is 1.39. The lowest BCUT2D eigenvalue weighted by atomic mass is 10.2. The summed E-state index contributed by atoms with van der Waals surface area (Å²) in [4.78, 5) is 0. The predicted molar refractivity (Wildman–Crippen MR) is 64.4 cm³/mol. The lowest BCUT2D eigenvalue weighted by Gasteiger charge is -2.09. The zero-order valence-corrected chi connectivity index (χ0v) is 10.1. The Hall–Kier alpha value is -1.09. The van der Waals surface area contributed by atoms with Gasteiger partial charge in [0.25, 0.3) is 0 Å². The highest BCUT2D eigenvalue weighted by Crippen LogP contribution is 2.19. The summed E-state index contributed by atoms with van der Waals surface area (Å²) < 4.78 is 18.8. The van der Waals surface area contributed by atoms with Gasteiger partial charge in [-0.2, -0.15) is 0 Å². The Morgan fingerprint density at radius 2 is 2.12 bits per heavy atom. The number of rotatable bonds is 7. The van der Waals surface area contributed by atoms with Crippen LogP contribution in [0.15, 0.2) is 18.2 Å². The summed E-state index contributed by atoms with van der Waals surface area (Å²) >= 11 is 0. The smallest absolute Gasteiger partial charge is 0.167 e. The summed E-state index contributed by atoms with van der Waals surface area (Å²) in [6.45, 7) is 6.15. The second-order valence-corrected chi connectivity index (χ2v) is 3.84. The molecule has 2 nitrogen and oxygen atoms in total. The van der Waals surface area contributed by atoms with E-state index in [4.69, 9.17) is 4.74 Å². The first-order valence-corrected chi connectivity index (χ1v) is 5.84. The SMILES string of the molecule is CCCCNCCOc1cccc(C)c1F. The minimum atomic E-state index is -0.254. The van der Waals surface area contributed by atoms with Crippen LogP contribution >= 0.6 is 0 Å². The first-order valence-electron chi connectivity index (χ1n) is 5.84. The number of benzene rings is 1. The number of ether oxygens (including phenoxy) is 1. The average Bonchev–Trinajstić information content (AvgIpc) is 2.29. The highest BCUT2D eigenvalue weighted by Gasteiger charge is 2.04. The van der Waals surface area contributed by atoms with Gasteiger partial charge in [-0.05, 0) is 31.5 Å². The van der Waals surface area contributed by atoms with Crippen molar-refractivity contribution in [3.8, 4) is 5.75 Å². The van der Waals surface area contributed by atoms with Gasteiger partial charge in [0, 0.05) is 6.54 Å². The molecule has 0 heterocycles. The summed E-state index contributed by atoms with van der Waals surface area (Å²) in [6, 6.07) is 5.20. The lowest BCUT2D eigenvalue weighted by Crippen LogP contribution is -2.22. The van der Waals surface area contributed by atoms with E-state index < -0.39 is 0 Å². The Balaban J connectivity index is 2.24. The van der Waals surface area contributed by atoms with E-state index in [0.717, 1.165) is 13.1 Å². The molecule has 1 aromatic rings. The summed E-state index contributed by atoms with van der Waals surface area (Å²) in [5, 5.41) is 3.24. The Morgan fingerprint density at radius 1 is 1.31 bits per heavy atom. The van der Waals surface area contributed by atoms with Crippen molar-refractivity contribution in [1.82, 2.24) is 5.32 Å². The average molecular weight is 225 g/mol. The first-order chi connectivity index (χ1) is 7.75. The third-order valence-electron chi connectivity index (χ3n) is 2.40. The van der Waals surface area contributed by atoms with Crippen molar-refractivity contribution in [2.24, 2.45) is 0 Å². The van der Waals surface area contributed by atoms with E-state index >= 15 is 0 Å². The number of hydrogen-bond donors (Lipinski definition) is 1. The van der Waals surface area contributed by atoms with Gasteiger partial charge in [0.15, 0.2) is 11.6 Å². The number of unbranched alkanes of at least 4 members (excludes halogenated alkanes) is 1. The van der Waals surface area contributed by atoms with Crippen LogP contribution < -0.4 is 10.1 Å². The van der Waals surface area contributed by atoms with Gasteiger partial charge in [0.05, 0.1) is 0 Å². The van der Waals surface area contributed by atoms with Crippen LogP contribution in [-0.2, 0) is 0 Å². The normalized spacial score (nSPS) is 10.4. The van der Waals surface area contributed by atoms with Crippen LogP contribution in [0, 0.1) is 12.7 Å². The molecule has 3 heteroatoms. The topological polar surface area (TPSA) is 21.3 Å². The van der Waals surface area contributed by atoms with E-state index in [1.54, 1.807) is 25.1 Å². The van der Waals surface area contributed by atoms with Gasteiger partial charge < -0.3 is 10.1 Å². The third-order valence-corrected chi connectivity index (χ3v) is 2.40. The van der Waals surface area contributed by atoms with Crippen LogP contribution in [0.4, 0.5) is 4.39 Å². The van der Waals surface area contributed by atoms with E-state index in [1.165, 1.54) is 12.8 Å². The van der Waals surface area contributed by atoms with Gasteiger partial charge in [-0.25, -0.2) is 4.39 Å². The number of hydrogen-bond acceptors (Lipinski definition) is 2. The summed E-state index contributed by atoms with van der Waals surface area (Å²) in [5.74, 6) is 0.0911. The Morgan fingerprint density at radius 3 is 2.88 bits per heavy atom. The molecule has 0 spiro atoms. The van der Waals surface area contributed by atoms with Crippen molar-refractivity contribution in [2.45, 2.75) is 26.7 Å². The molecule has 90 valence electrons. The van der Waals surface area contributed by atoms with Crippen LogP contribution in [0.2, 0.25) is 0 Å². The molecule has 0 atom stereocenters. The molecule has 0 aliphatic carbocycles. The summed E-state index contributed by atoms with van der Waals surface area (Å²) in [5.41, 5.74) is 0.622. The van der Waals surface area contributed by atoms with Crippen molar-refractivity contribution in [2.75, 3.05) is 19.7 Å². The molecular weight excluding hydrogens is 205 g/mol. The van der Waals surface area contributed by atoms with Crippen molar-refractivity contribution in [1.29, 1.82) is 0 Å². The second-order valence-electron chi connectivity index (χ2n) is 3.84. The maximum absolute atomic E-state index is 13.5. The molecule has 0 unspecified atom stereocenters. The van der Waals surface area contributed by atoms with Gasteiger partial charge in [-0.3, -0.25) is 0 Å². The number of aryl methyl sites for hydroxylation is 1. The Labute approximate surface area is 96.8 Å². The fourth-order valence-corrected chi connectivity index (χ4v) is 1.39. The largest absolute Gasteiger partial charge is 0.489 e. The quantitative estimate of drug-likeness (QED) is 0.720. The zero-order valence-electron chi connectivity index (χ0n) is 10.1. The van der Waals surface area contributed by atoms with E-state index in [-0.39, 0.29) is 5.82 Å². The number of halogens is 1. The van der Waals surface area contributed by atoms with Crippen LogP contribution in [-0.4, -0.2) is 19.7 Å². The zero-order chi connectivity index (χ0) is 11.8. The standard InChI is InChI=1S/C13H20FNO/c1-3-4-8-15-9-10-16-12-7-5-6-11(2)13(12)14/h5-7,15H,3-4,8-10H2,1-2H3. The van der Waals surface area contributed by atoms with E-state index in [1.807, 2.05) is 0 Å². The fraction of sp³-hybridized carbons (Fsp3) is 0.538. The molecule has 0 saturated carbocycles. The Kier molecular flexibility index (Phi) is 5.86. The Bertz CT molecular complexity index is 315. The first kappa shape index (κ1) is 13.0. The molecule has 0 bridgehead atoms. The van der Waals surface area contributed by atoms with E-state index in [2.05, 4.69) is 12.2 Å². The molecule has 0 radical (unpaired) electrons. The molecule has 0 aliphatic heterocycles. The van der Waals surface area contributed by atoms with Crippen LogP contribution in [0.1, 0.15) is 25.3 Å². The molecule has 1 rings (SSSR count). The minimum absolute atomic E-state index is 0.254. The molecule has 1 N–H and O–H groups in total. The molecule has 0 saturated heterocycles. The van der Waals surface area contributed by atoms with Crippen LogP contribution in [0.5, 0.6) is 5.75 Å². The van der Waals surface area contributed by atoms with Crippen molar-refractivity contribution < 1.29 is 9.13 Å². The van der Waals surface area contributed by atoms with Crippen LogP contribution in [0.3, 0.4) is 0 Å². The minimum Gasteiger partial charge on any atom is -0.489 e. The van der Waals surface area contributed by atoms with Crippen molar-refractivity contribution in [3.63, 3.8) is 0 Å². The monoisotopic (exact) mass is 225 g/mol. The lowest BCUT2D eigenvalue weighted by molar-refractivity contribution is 0.298. The van der Waals surface area contributed by atoms with Gasteiger partial charge in [-0.15, -0.1) is 0 Å². The third kappa shape index (κ3) is 4.19. The molecular formula is C13H20FNO.